The van der Waals surface area contributed by atoms with E-state index in [4.69, 9.17) is 4.74 Å². The number of nitrogens with zero attached hydrogens (tertiary/aromatic N) is 3. The molecule has 2 N–H and O–H groups in total. The minimum absolute atomic E-state index is 0.00731. The number of alkyl carbamates (subject to hydrolysis) is 1. The van der Waals surface area contributed by atoms with Crippen LogP contribution in [0.5, 0.6) is 0 Å². The van der Waals surface area contributed by atoms with Crippen molar-refractivity contribution in [2.75, 3.05) is 70.9 Å². The molecule has 0 radical (unpaired) electrons. The second-order valence-corrected chi connectivity index (χ2v) is 17.5. The summed E-state index contributed by atoms with van der Waals surface area (Å²) in [6.45, 7) is 7.33. The normalized spacial score (nSPS) is 25.0. The molecule has 2 aliphatic carbocycles. The Balaban J connectivity index is 1.04. The largest absolute Gasteiger partial charge is 0.453 e. The third-order valence-corrected chi connectivity index (χ3v) is 14.5. The third kappa shape index (κ3) is 7.39. The van der Waals surface area contributed by atoms with E-state index in [1.54, 1.807) is 24.3 Å². The summed E-state index contributed by atoms with van der Waals surface area (Å²) in [6, 6.07) is 14.2. The fourth-order valence-corrected chi connectivity index (χ4v) is 10.9. The molecule has 0 aromatic heterocycles. The molecule has 10 nitrogen and oxygen atoms in total. The van der Waals surface area contributed by atoms with E-state index in [9.17, 15) is 18.0 Å². The highest BCUT2D eigenvalue weighted by Gasteiger charge is 2.52. The molecule has 2 aromatic carbocycles. The second-order valence-electron chi connectivity index (χ2n) is 15.3. The predicted octanol–water partition coefficient (Wildman–Crippen LogP) is 4.19. The van der Waals surface area contributed by atoms with E-state index in [-0.39, 0.29) is 34.9 Å². The van der Waals surface area contributed by atoms with Crippen LogP contribution in [0, 0.1) is 23.6 Å². The lowest BCUT2D eigenvalue weighted by Gasteiger charge is -2.51. The Labute approximate surface area is 296 Å². The van der Waals surface area contributed by atoms with Gasteiger partial charge in [0, 0.05) is 49.2 Å². The van der Waals surface area contributed by atoms with Crippen LogP contribution < -0.4 is 15.5 Å². The van der Waals surface area contributed by atoms with Crippen molar-refractivity contribution in [2.45, 2.75) is 73.0 Å². The summed E-state index contributed by atoms with van der Waals surface area (Å²) in [7, 11) is -1.80. The van der Waals surface area contributed by atoms with Crippen LogP contribution in [-0.2, 0) is 24.8 Å². The lowest BCUT2D eigenvalue weighted by atomic mass is 9.58. The zero-order valence-corrected chi connectivity index (χ0v) is 30.0. The topological polar surface area (TPSA) is 111 Å². The number of carbonyl (C=O) groups excluding carboxylic acids is 2. The Bertz CT molecular complexity index is 1620. The number of benzene rings is 2. The zero-order chi connectivity index (χ0) is 34.9. The van der Waals surface area contributed by atoms with Crippen molar-refractivity contribution in [3.63, 3.8) is 0 Å². The molecule has 7 rings (SSSR count). The molecule has 3 heterocycles. The van der Waals surface area contributed by atoms with Gasteiger partial charge in [-0.15, -0.1) is 0 Å². The minimum Gasteiger partial charge on any atom is -0.453 e. The van der Waals surface area contributed by atoms with Crippen LogP contribution in [0.1, 0.15) is 56.9 Å². The van der Waals surface area contributed by atoms with Gasteiger partial charge in [0.15, 0.2) is 9.84 Å². The fourth-order valence-electron chi connectivity index (χ4n) is 9.22. The Kier molecular flexibility index (Phi) is 10.4. The van der Waals surface area contributed by atoms with Crippen LogP contribution in [0.15, 0.2) is 53.4 Å². The second kappa shape index (κ2) is 14.8. The average molecular weight is 710 g/mol. The highest BCUT2D eigenvalue weighted by atomic mass is 32.2. The quantitative estimate of drug-likeness (QED) is 0.319. The molecule has 5 aliphatic rings. The lowest BCUT2D eigenvalue weighted by molar-refractivity contribution is -0.123. The van der Waals surface area contributed by atoms with Gasteiger partial charge in [-0.3, -0.25) is 9.69 Å². The number of hydrogen-bond donors (Lipinski definition) is 2. The number of ether oxygens (including phenoxy) is 1. The molecule has 2 saturated carbocycles. The van der Waals surface area contributed by atoms with E-state index >= 15 is 4.39 Å². The van der Waals surface area contributed by atoms with E-state index in [0.717, 1.165) is 108 Å². The van der Waals surface area contributed by atoms with Crippen molar-refractivity contribution >= 4 is 27.5 Å². The number of piperidine rings is 1. The molecule has 3 saturated heterocycles. The van der Waals surface area contributed by atoms with Gasteiger partial charge in [-0.1, -0.05) is 18.6 Å². The molecule has 272 valence electrons. The highest BCUT2D eigenvalue weighted by molar-refractivity contribution is 7.92. The summed E-state index contributed by atoms with van der Waals surface area (Å²) in [4.78, 5) is 33.2. The van der Waals surface area contributed by atoms with Gasteiger partial charge in [-0.2, -0.15) is 0 Å². The van der Waals surface area contributed by atoms with E-state index < -0.39 is 21.3 Å². The summed E-state index contributed by atoms with van der Waals surface area (Å²) in [5, 5.41) is 6.22. The standard InChI is InChI=1S/C38H52FN5O5S/c1-49-37(46)41-35-8-3-7-34(35)38(29-5-2-6-30(39)21-29,26-40-36(45)25-42-17-4-18-42)28-15-19-43(20-16-28)22-27-23-44(24-27)31-9-11-32(12-10-31)50(47,48)33-13-14-33/h2,5-6,9-12,21,27-28,33-35H,3-4,7-8,13-20,22-26H2,1H3,(H,40,45)(H,41,46)/t34-,35-,38?/m0/s1. The van der Waals surface area contributed by atoms with Gasteiger partial charge in [-0.25, -0.2) is 17.6 Å². The van der Waals surface area contributed by atoms with Crippen molar-refractivity contribution in [2.24, 2.45) is 17.8 Å². The molecule has 2 aromatic rings. The summed E-state index contributed by atoms with van der Waals surface area (Å²) in [5.74, 6) is 0.416. The maximum Gasteiger partial charge on any atom is 0.407 e. The maximum absolute atomic E-state index is 15.0. The van der Waals surface area contributed by atoms with Crippen LogP contribution in [-0.4, -0.2) is 108 Å². The number of nitrogens with one attached hydrogen (secondary N) is 2. The lowest BCUT2D eigenvalue weighted by Crippen LogP contribution is -2.59. The van der Waals surface area contributed by atoms with Gasteiger partial charge < -0.3 is 25.2 Å². The molecule has 2 amide bonds. The molecular weight excluding hydrogens is 658 g/mol. The van der Waals surface area contributed by atoms with Gasteiger partial charge >= 0.3 is 6.09 Å². The van der Waals surface area contributed by atoms with Crippen molar-refractivity contribution in [1.29, 1.82) is 0 Å². The van der Waals surface area contributed by atoms with Gasteiger partial charge in [0.05, 0.1) is 23.8 Å². The van der Waals surface area contributed by atoms with Crippen LogP contribution in [0.25, 0.3) is 0 Å². The first kappa shape index (κ1) is 35.2. The number of rotatable bonds is 13. The number of methoxy groups -OCH3 is 1. The van der Waals surface area contributed by atoms with E-state index in [1.807, 2.05) is 18.2 Å². The molecule has 50 heavy (non-hydrogen) atoms. The first-order valence-corrected chi connectivity index (χ1v) is 20.1. The van der Waals surface area contributed by atoms with E-state index in [1.165, 1.54) is 13.2 Å². The van der Waals surface area contributed by atoms with E-state index in [2.05, 4.69) is 25.3 Å². The molecule has 0 bridgehead atoms. The molecule has 12 heteroatoms. The summed E-state index contributed by atoms with van der Waals surface area (Å²) < 4.78 is 45.2. The zero-order valence-electron chi connectivity index (χ0n) is 29.2. The number of hydrogen-bond acceptors (Lipinski definition) is 8. The molecule has 0 spiro atoms. The first-order chi connectivity index (χ1) is 24.2. The monoisotopic (exact) mass is 709 g/mol. The van der Waals surface area contributed by atoms with Gasteiger partial charge in [0.1, 0.15) is 5.82 Å². The predicted molar refractivity (Wildman–Crippen MR) is 190 cm³/mol. The van der Waals surface area contributed by atoms with Crippen LogP contribution in [0.4, 0.5) is 14.9 Å². The van der Waals surface area contributed by atoms with Crippen molar-refractivity contribution in [1.82, 2.24) is 20.4 Å². The highest BCUT2D eigenvalue weighted by Crippen LogP contribution is 2.50. The van der Waals surface area contributed by atoms with Gasteiger partial charge in [0.25, 0.3) is 0 Å². The van der Waals surface area contributed by atoms with Crippen molar-refractivity contribution in [3.8, 4) is 0 Å². The number of sulfone groups is 1. The Morgan fingerprint density at radius 1 is 0.920 bits per heavy atom. The summed E-state index contributed by atoms with van der Waals surface area (Å²) in [5.41, 5.74) is 1.40. The Hall–Kier alpha value is -3.22. The number of carbonyl (C=O) groups is 2. The first-order valence-electron chi connectivity index (χ1n) is 18.6. The van der Waals surface area contributed by atoms with Gasteiger partial charge in [-0.05, 0) is 125 Å². The molecule has 3 atom stereocenters. The number of likely N-dealkylation sites (tertiary alicyclic amines) is 2. The number of anilines is 1. The number of halogens is 1. The maximum atomic E-state index is 15.0. The van der Waals surface area contributed by atoms with Gasteiger partial charge in [0.2, 0.25) is 5.91 Å². The molecular formula is C38H52FN5O5S. The van der Waals surface area contributed by atoms with Crippen LogP contribution in [0.2, 0.25) is 0 Å². The molecule has 1 unspecified atom stereocenters. The van der Waals surface area contributed by atoms with Crippen LogP contribution in [0.3, 0.4) is 0 Å². The molecule has 5 fully saturated rings. The van der Waals surface area contributed by atoms with E-state index in [0.29, 0.717) is 23.9 Å². The average Bonchev–Trinajstić information content (AvgIpc) is 3.86. The Morgan fingerprint density at radius 2 is 1.66 bits per heavy atom. The summed E-state index contributed by atoms with van der Waals surface area (Å²) >= 11 is 0. The molecule has 3 aliphatic heterocycles. The van der Waals surface area contributed by atoms with Crippen molar-refractivity contribution < 1.29 is 27.1 Å². The van der Waals surface area contributed by atoms with Crippen LogP contribution >= 0.6 is 0 Å². The minimum atomic E-state index is -3.18. The summed E-state index contributed by atoms with van der Waals surface area (Å²) in [6.07, 6.45) is 6.64. The fraction of sp³-hybridized carbons (Fsp3) is 0.632. The third-order valence-electron chi connectivity index (χ3n) is 12.2. The smallest absolute Gasteiger partial charge is 0.407 e. The Morgan fingerprint density at radius 3 is 2.30 bits per heavy atom. The van der Waals surface area contributed by atoms with Crippen molar-refractivity contribution in [3.05, 3.63) is 59.9 Å². The number of amides is 2. The SMILES string of the molecule is COC(=O)N[C@H]1CCC[C@@H]1C(CNC(=O)CN1CCC1)(c1cccc(F)c1)C1CCN(CC2CN(c3ccc(S(=O)(=O)C4CC4)cc3)C2)CC1.